The van der Waals surface area contributed by atoms with Crippen molar-refractivity contribution in [1.82, 2.24) is 15.0 Å². The Kier molecular flexibility index (Phi) is 5.08. The van der Waals surface area contributed by atoms with E-state index in [1.54, 1.807) is 0 Å². The van der Waals surface area contributed by atoms with E-state index in [0.717, 1.165) is 18.7 Å². The molecule has 2 aromatic rings. The first kappa shape index (κ1) is 16.1. The van der Waals surface area contributed by atoms with Crippen molar-refractivity contribution in [1.29, 1.82) is 0 Å². The van der Waals surface area contributed by atoms with Crippen molar-refractivity contribution < 1.29 is 9.63 Å². The smallest absolute Gasteiger partial charge is 0.240 e. The van der Waals surface area contributed by atoms with Gasteiger partial charge >= 0.3 is 0 Å². The fourth-order valence-corrected chi connectivity index (χ4v) is 3.38. The zero-order valence-corrected chi connectivity index (χ0v) is 13.9. The molecular weight excluding hydrogens is 290 g/mol. The average molecular weight is 315 g/mol. The summed E-state index contributed by atoms with van der Waals surface area (Å²) in [6, 6.07) is 8.90. The van der Waals surface area contributed by atoms with Crippen molar-refractivity contribution in [3.8, 4) is 0 Å². The van der Waals surface area contributed by atoms with Crippen LogP contribution in [0.3, 0.4) is 0 Å². The van der Waals surface area contributed by atoms with Crippen LogP contribution in [0.2, 0.25) is 0 Å². The van der Waals surface area contributed by atoms with Crippen LogP contribution in [-0.4, -0.2) is 38.8 Å². The number of rotatable bonds is 5. The van der Waals surface area contributed by atoms with Crippen molar-refractivity contribution in [2.45, 2.75) is 58.2 Å². The maximum Gasteiger partial charge on any atom is 0.240 e. The van der Waals surface area contributed by atoms with Crippen LogP contribution >= 0.6 is 0 Å². The Bertz CT molecular complexity index is 641. The van der Waals surface area contributed by atoms with Gasteiger partial charge in [-0.3, -0.25) is 4.90 Å². The van der Waals surface area contributed by atoms with Gasteiger partial charge in [0.15, 0.2) is 5.82 Å². The summed E-state index contributed by atoms with van der Waals surface area (Å²) in [6.07, 6.45) is 4.05. The fraction of sp³-hybridized carbons (Fsp3) is 0.556. The lowest BCUT2D eigenvalue weighted by atomic mass is 9.97. The summed E-state index contributed by atoms with van der Waals surface area (Å²) in [5.41, 5.74) is 2.46. The predicted octanol–water partition coefficient (Wildman–Crippen LogP) is 2.70. The molecule has 1 saturated heterocycles. The summed E-state index contributed by atoms with van der Waals surface area (Å²) in [4.78, 5) is 6.83. The summed E-state index contributed by atoms with van der Waals surface area (Å²) in [5.74, 6) is 1.36. The van der Waals surface area contributed by atoms with Crippen molar-refractivity contribution >= 4 is 0 Å². The molecule has 1 aromatic carbocycles. The van der Waals surface area contributed by atoms with Gasteiger partial charge in [-0.2, -0.15) is 4.98 Å². The van der Waals surface area contributed by atoms with E-state index in [1.165, 1.54) is 17.5 Å². The molecule has 1 aliphatic heterocycles. The lowest BCUT2D eigenvalue weighted by molar-refractivity contribution is 0.0370. The van der Waals surface area contributed by atoms with Gasteiger partial charge in [-0.15, -0.1) is 0 Å². The molecule has 1 fully saturated rings. The van der Waals surface area contributed by atoms with Gasteiger partial charge in [-0.05, 0) is 37.8 Å². The molecule has 0 bridgehead atoms. The third-order valence-corrected chi connectivity index (χ3v) is 4.84. The number of hydrogen-bond donors (Lipinski definition) is 1. The highest BCUT2D eigenvalue weighted by Crippen LogP contribution is 2.24. The van der Waals surface area contributed by atoms with Crippen LogP contribution in [-0.2, 0) is 13.0 Å². The molecule has 3 rings (SSSR count). The number of piperidine rings is 1. The minimum atomic E-state index is 0.189. The van der Waals surface area contributed by atoms with Crippen LogP contribution in [0.5, 0.6) is 0 Å². The molecule has 124 valence electrons. The van der Waals surface area contributed by atoms with E-state index in [4.69, 9.17) is 4.52 Å². The topological polar surface area (TPSA) is 62.4 Å². The highest BCUT2D eigenvalue weighted by atomic mass is 16.5. The number of aliphatic hydroxyl groups excluding tert-OH is 1. The molecule has 1 aliphatic rings. The van der Waals surface area contributed by atoms with Gasteiger partial charge < -0.3 is 9.63 Å². The second kappa shape index (κ2) is 7.23. The number of aryl methyl sites for hydroxylation is 1. The first-order valence-electron chi connectivity index (χ1n) is 8.40. The standard InChI is InChI=1S/C18H25N3O2/c1-13-6-3-4-8-15(13)10-17-19-18(23-20-17)11-21-14(2)7-5-9-16(21)12-22/h3-4,6,8,14,16,22H,5,7,9-12H2,1-2H3. The van der Waals surface area contributed by atoms with Crippen molar-refractivity contribution in [2.75, 3.05) is 6.61 Å². The lowest BCUT2D eigenvalue weighted by Crippen LogP contribution is -2.46. The molecule has 0 spiro atoms. The summed E-state index contributed by atoms with van der Waals surface area (Å²) in [7, 11) is 0. The Morgan fingerprint density at radius 1 is 1.30 bits per heavy atom. The van der Waals surface area contributed by atoms with E-state index in [0.29, 0.717) is 24.9 Å². The van der Waals surface area contributed by atoms with Gasteiger partial charge in [0.1, 0.15) is 0 Å². The third kappa shape index (κ3) is 3.79. The molecular formula is C18H25N3O2. The van der Waals surface area contributed by atoms with Gasteiger partial charge in [0.25, 0.3) is 0 Å². The Morgan fingerprint density at radius 2 is 2.13 bits per heavy atom. The third-order valence-electron chi connectivity index (χ3n) is 4.84. The zero-order chi connectivity index (χ0) is 16.2. The SMILES string of the molecule is Cc1ccccc1Cc1noc(CN2C(C)CCCC2CO)n1. The quantitative estimate of drug-likeness (QED) is 0.919. The summed E-state index contributed by atoms with van der Waals surface area (Å²) >= 11 is 0. The molecule has 5 heteroatoms. The number of likely N-dealkylation sites (tertiary alicyclic amines) is 1. The number of nitrogens with zero attached hydrogens (tertiary/aromatic N) is 3. The van der Waals surface area contributed by atoms with E-state index >= 15 is 0 Å². The number of aliphatic hydroxyl groups is 1. The Labute approximate surface area is 137 Å². The molecule has 1 N–H and O–H groups in total. The van der Waals surface area contributed by atoms with Gasteiger partial charge in [-0.25, -0.2) is 0 Å². The summed E-state index contributed by atoms with van der Waals surface area (Å²) in [5, 5.41) is 13.7. The van der Waals surface area contributed by atoms with E-state index in [1.807, 2.05) is 12.1 Å². The fourth-order valence-electron chi connectivity index (χ4n) is 3.38. The second-order valence-electron chi connectivity index (χ2n) is 6.50. The molecule has 2 heterocycles. The van der Waals surface area contributed by atoms with Crippen LogP contribution in [0.1, 0.15) is 49.0 Å². The van der Waals surface area contributed by atoms with Crippen LogP contribution in [0, 0.1) is 6.92 Å². The molecule has 23 heavy (non-hydrogen) atoms. The van der Waals surface area contributed by atoms with E-state index in [2.05, 4.69) is 41.0 Å². The lowest BCUT2D eigenvalue weighted by Gasteiger charge is -2.38. The Hall–Kier alpha value is -1.72. The van der Waals surface area contributed by atoms with Gasteiger partial charge in [0.05, 0.1) is 13.2 Å². The molecule has 0 radical (unpaired) electrons. The van der Waals surface area contributed by atoms with Crippen molar-refractivity contribution in [3.63, 3.8) is 0 Å². The van der Waals surface area contributed by atoms with E-state index < -0.39 is 0 Å². The first-order chi connectivity index (χ1) is 11.2. The maximum atomic E-state index is 9.58. The average Bonchev–Trinajstić information content (AvgIpc) is 2.99. The van der Waals surface area contributed by atoms with Gasteiger partial charge in [-0.1, -0.05) is 35.8 Å². The molecule has 2 unspecified atom stereocenters. The largest absolute Gasteiger partial charge is 0.395 e. The maximum absolute atomic E-state index is 9.58. The van der Waals surface area contributed by atoms with Gasteiger partial charge in [0.2, 0.25) is 5.89 Å². The van der Waals surface area contributed by atoms with Crippen LogP contribution in [0.25, 0.3) is 0 Å². The monoisotopic (exact) mass is 315 g/mol. The predicted molar refractivity (Wildman–Crippen MR) is 88.0 cm³/mol. The second-order valence-corrected chi connectivity index (χ2v) is 6.50. The molecule has 0 aliphatic carbocycles. The summed E-state index contributed by atoms with van der Waals surface area (Å²) < 4.78 is 5.44. The normalized spacial score (nSPS) is 22.4. The van der Waals surface area contributed by atoms with Gasteiger partial charge in [0, 0.05) is 18.5 Å². The summed E-state index contributed by atoms with van der Waals surface area (Å²) in [6.45, 7) is 5.10. The number of benzene rings is 1. The van der Waals surface area contributed by atoms with E-state index in [9.17, 15) is 5.11 Å². The molecule has 1 aromatic heterocycles. The molecule has 2 atom stereocenters. The van der Waals surface area contributed by atoms with E-state index in [-0.39, 0.29) is 12.6 Å². The molecule has 0 amide bonds. The number of hydrogen-bond acceptors (Lipinski definition) is 5. The number of aromatic nitrogens is 2. The van der Waals surface area contributed by atoms with Crippen molar-refractivity contribution in [3.05, 3.63) is 47.1 Å². The zero-order valence-electron chi connectivity index (χ0n) is 13.9. The first-order valence-corrected chi connectivity index (χ1v) is 8.40. The minimum absolute atomic E-state index is 0.189. The van der Waals surface area contributed by atoms with Crippen LogP contribution in [0.15, 0.2) is 28.8 Å². The minimum Gasteiger partial charge on any atom is -0.395 e. The van der Waals surface area contributed by atoms with Crippen LogP contribution in [0.4, 0.5) is 0 Å². The highest BCUT2D eigenvalue weighted by Gasteiger charge is 2.28. The van der Waals surface area contributed by atoms with Crippen molar-refractivity contribution in [2.24, 2.45) is 0 Å². The Balaban J connectivity index is 1.68. The highest BCUT2D eigenvalue weighted by molar-refractivity contribution is 5.27. The molecule has 5 nitrogen and oxygen atoms in total. The van der Waals surface area contributed by atoms with Crippen LogP contribution < -0.4 is 0 Å². The molecule has 0 saturated carbocycles. The Morgan fingerprint density at radius 3 is 2.91 bits per heavy atom.